The summed E-state index contributed by atoms with van der Waals surface area (Å²) in [7, 11) is 0. The van der Waals surface area contributed by atoms with E-state index >= 15 is 0 Å². The van der Waals surface area contributed by atoms with Crippen LogP contribution in [0.5, 0.6) is 0 Å². The molecule has 0 unspecified atom stereocenters. The standard InChI is InChI=1S/C17H10N2O2S2/c20-16-15(23-17(21)19-16)9-10-3-4-13-12(8-10)11(5-6-18-13)14-2-1-7-22-14/h1-9H,(H,19,20,21). The van der Waals surface area contributed by atoms with E-state index in [0.29, 0.717) is 4.91 Å². The molecule has 112 valence electrons. The molecule has 3 heterocycles. The molecule has 0 spiro atoms. The van der Waals surface area contributed by atoms with E-state index in [0.717, 1.165) is 33.8 Å². The monoisotopic (exact) mass is 338 g/mol. The number of nitrogens with zero attached hydrogens (tertiary/aromatic N) is 1. The first-order valence-corrected chi connectivity index (χ1v) is 8.58. The molecule has 4 rings (SSSR count). The highest BCUT2D eigenvalue weighted by Gasteiger charge is 2.24. The van der Waals surface area contributed by atoms with Crippen molar-refractivity contribution in [2.45, 2.75) is 0 Å². The van der Waals surface area contributed by atoms with Crippen molar-refractivity contribution in [3.05, 3.63) is 58.4 Å². The van der Waals surface area contributed by atoms with Gasteiger partial charge in [0.05, 0.1) is 10.4 Å². The number of fused-ring (bicyclic) bond motifs is 1. The lowest BCUT2D eigenvalue weighted by Gasteiger charge is -2.05. The normalized spacial score (nSPS) is 16.3. The predicted octanol–water partition coefficient (Wildman–Crippen LogP) is 4.29. The Morgan fingerprint density at radius 1 is 1.13 bits per heavy atom. The maximum Gasteiger partial charge on any atom is 0.290 e. The molecular formula is C17H10N2O2S2. The molecule has 1 saturated heterocycles. The third-order valence-corrected chi connectivity index (χ3v) is 5.21. The Balaban J connectivity index is 1.84. The SMILES string of the molecule is O=C1NC(=O)C(=Cc2ccc3nccc(-c4cccs4)c3c2)S1. The summed E-state index contributed by atoms with van der Waals surface area (Å²) in [6.07, 6.45) is 3.53. The zero-order valence-electron chi connectivity index (χ0n) is 11.8. The molecule has 0 aliphatic carbocycles. The Labute approximate surface area is 140 Å². The van der Waals surface area contributed by atoms with E-state index in [4.69, 9.17) is 0 Å². The molecule has 6 heteroatoms. The van der Waals surface area contributed by atoms with Crippen molar-refractivity contribution in [1.29, 1.82) is 0 Å². The van der Waals surface area contributed by atoms with Crippen molar-refractivity contribution in [3.8, 4) is 10.4 Å². The van der Waals surface area contributed by atoms with E-state index < -0.39 is 0 Å². The maximum absolute atomic E-state index is 11.7. The topological polar surface area (TPSA) is 59.1 Å². The second-order valence-corrected chi connectivity index (χ2v) is 6.93. The molecule has 2 aromatic heterocycles. The molecule has 1 aliphatic heterocycles. The third-order valence-electron chi connectivity index (χ3n) is 3.49. The van der Waals surface area contributed by atoms with Crippen LogP contribution in [0.1, 0.15) is 5.56 Å². The van der Waals surface area contributed by atoms with Crippen LogP contribution < -0.4 is 5.32 Å². The molecule has 1 aromatic carbocycles. The number of thioether (sulfide) groups is 1. The number of hydrogen-bond donors (Lipinski definition) is 1. The van der Waals surface area contributed by atoms with Gasteiger partial charge in [0.1, 0.15) is 0 Å². The summed E-state index contributed by atoms with van der Waals surface area (Å²) >= 11 is 2.60. The first-order valence-electron chi connectivity index (χ1n) is 6.88. The number of amides is 2. The minimum Gasteiger partial charge on any atom is -0.282 e. The molecule has 1 fully saturated rings. The smallest absolute Gasteiger partial charge is 0.282 e. The Morgan fingerprint density at radius 3 is 2.78 bits per heavy atom. The first kappa shape index (κ1) is 14.2. The molecule has 4 nitrogen and oxygen atoms in total. The highest BCUT2D eigenvalue weighted by molar-refractivity contribution is 8.18. The van der Waals surface area contributed by atoms with Crippen LogP contribution in [0, 0.1) is 0 Å². The van der Waals surface area contributed by atoms with Gasteiger partial charge in [0.25, 0.3) is 11.1 Å². The number of benzene rings is 1. The summed E-state index contributed by atoms with van der Waals surface area (Å²) in [5.74, 6) is -0.343. The van der Waals surface area contributed by atoms with Gasteiger partial charge in [-0.05, 0) is 53.0 Å². The van der Waals surface area contributed by atoms with Gasteiger partial charge >= 0.3 is 0 Å². The number of pyridine rings is 1. The lowest BCUT2D eigenvalue weighted by Crippen LogP contribution is -2.17. The van der Waals surface area contributed by atoms with Crippen molar-refractivity contribution in [3.63, 3.8) is 0 Å². The summed E-state index contributed by atoms with van der Waals surface area (Å²) in [5, 5.41) is 5.00. The summed E-state index contributed by atoms with van der Waals surface area (Å²) in [6, 6.07) is 11.9. The van der Waals surface area contributed by atoms with Crippen LogP contribution in [0.3, 0.4) is 0 Å². The average Bonchev–Trinajstić information content (AvgIpc) is 3.17. The average molecular weight is 338 g/mol. The highest BCUT2D eigenvalue weighted by atomic mass is 32.2. The van der Waals surface area contributed by atoms with Gasteiger partial charge in [-0.2, -0.15) is 0 Å². The quantitative estimate of drug-likeness (QED) is 0.708. The highest BCUT2D eigenvalue weighted by Crippen LogP contribution is 2.32. The number of nitrogens with one attached hydrogen (secondary N) is 1. The third kappa shape index (κ3) is 2.67. The van der Waals surface area contributed by atoms with Crippen molar-refractivity contribution in [2.75, 3.05) is 0 Å². The van der Waals surface area contributed by atoms with Crippen LogP contribution in [-0.2, 0) is 4.79 Å². The van der Waals surface area contributed by atoms with Crippen molar-refractivity contribution in [2.24, 2.45) is 0 Å². The molecule has 0 bridgehead atoms. The summed E-state index contributed by atoms with van der Waals surface area (Å²) in [5.41, 5.74) is 2.89. The lowest BCUT2D eigenvalue weighted by molar-refractivity contribution is -0.115. The van der Waals surface area contributed by atoms with Crippen LogP contribution in [0.25, 0.3) is 27.4 Å². The molecule has 0 atom stereocenters. The number of rotatable bonds is 2. The summed E-state index contributed by atoms with van der Waals surface area (Å²) in [6.45, 7) is 0. The van der Waals surface area contributed by atoms with Gasteiger partial charge in [-0.25, -0.2) is 0 Å². The summed E-state index contributed by atoms with van der Waals surface area (Å²) < 4.78 is 0. The van der Waals surface area contributed by atoms with Crippen LogP contribution in [0.2, 0.25) is 0 Å². The molecular weight excluding hydrogens is 328 g/mol. The van der Waals surface area contributed by atoms with Crippen LogP contribution in [-0.4, -0.2) is 16.1 Å². The molecule has 1 aliphatic rings. The van der Waals surface area contributed by atoms with Gasteiger partial charge in [-0.1, -0.05) is 12.1 Å². The van der Waals surface area contributed by atoms with Crippen molar-refractivity contribution < 1.29 is 9.59 Å². The zero-order valence-corrected chi connectivity index (χ0v) is 13.4. The van der Waals surface area contributed by atoms with Gasteiger partial charge in [0.2, 0.25) is 0 Å². The fraction of sp³-hybridized carbons (Fsp3) is 0. The van der Waals surface area contributed by atoms with E-state index in [1.165, 1.54) is 4.88 Å². The van der Waals surface area contributed by atoms with Crippen LogP contribution in [0.4, 0.5) is 4.79 Å². The van der Waals surface area contributed by atoms with Gasteiger partial charge in [0.15, 0.2) is 0 Å². The van der Waals surface area contributed by atoms with Crippen LogP contribution >= 0.6 is 23.1 Å². The minimum atomic E-state index is -0.343. The zero-order chi connectivity index (χ0) is 15.8. The fourth-order valence-electron chi connectivity index (χ4n) is 2.47. The Hall–Kier alpha value is -2.44. The molecule has 2 amide bonds. The number of carbonyl (C=O) groups is 2. The Bertz CT molecular complexity index is 962. The molecule has 0 saturated carbocycles. The molecule has 1 N–H and O–H groups in total. The second-order valence-electron chi connectivity index (χ2n) is 4.96. The van der Waals surface area contributed by atoms with E-state index in [9.17, 15) is 9.59 Å². The molecule has 3 aromatic rings. The first-order chi connectivity index (χ1) is 11.2. The molecule has 23 heavy (non-hydrogen) atoms. The van der Waals surface area contributed by atoms with E-state index in [1.807, 2.05) is 35.7 Å². The number of thiophene rings is 1. The molecule has 0 radical (unpaired) electrons. The minimum absolute atomic E-state index is 0.331. The van der Waals surface area contributed by atoms with E-state index in [-0.39, 0.29) is 11.1 Å². The van der Waals surface area contributed by atoms with E-state index in [1.54, 1.807) is 23.6 Å². The van der Waals surface area contributed by atoms with Gasteiger partial charge in [-0.3, -0.25) is 19.9 Å². The Kier molecular flexibility index (Phi) is 3.48. The number of carbonyl (C=O) groups excluding carboxylic acids is 2. The number of aromatic nitrogens is 1. The van der Waals surface area contributed by atoms with Crippen LogP contribution in [0.15, 0.2) is 52.9 Å². The lowest BCUT2D eigenvalue weighted by atomic mass is 10.0. The number of hydrogen-bond acceptors (Lipinski definition) is 5. The Morgan fingerprint density at radius 2 is 2.04 bits per heavy atom. The largest absolute Gasteiger partial charge is 0.290 e. The predicted molar refractivity (Wildman–Crippen MR) is 94.2 cm³/mol. The van der Waals surface area contributed by atoms with E-state index in [2.05, 4.69) is 16.4 Å². The second kappa shape index (κ2) is 5.64. The fourth-order valence-corrected chi connectivity index (χ4v) is 3.92. The van der Waals surface area contributed by atoms with Gasteiger partial charge in [-0.15, -0.1) is 11.3 Å². The van der Waals surface area contributed by atoms with Crippen molar-refractivity contribution >= 4 is 51.2 Å². The van der Waals surface area contributed by atoms with Gasteiger partial charge in [0, 0.05) is 22.0 Å². The van der Waals surface area contributed by atoms with Gasteiger partial charge < -0.3 is 0 Å². The maximum atomic E-state index is 11.7. The summed E-state index contributed by atoms with van der Waals surface area (Å²) in [4.78, 5) is 28.9. The number of imide groups is 1. The van der Waals surface area contributed by atoms with Crippen molar-refractivity contribution in [1.82, 2.24) is 10.3 Å².